The van der Waals surface area contributed by atoms with Crippen LogP contribution in [0.2, 0.25) is 0 Å². The second-order valence-corrected chi connectivity index (χ2v) is 6.02. The number of benzene rings is 1. The van der Waals surface area contributed by atoms with E-state index < -0.39 is 5.60 Å². The number of aliphatic hydroxyl groups is 1. The molecule has 1 aromatic rings. The molecule has 1 amide bonds. The van der Waals surface area contributed by atoms with Crippen LogP contribution in [0, 0.1) is 0 Å². The van der Waals surface area contributed by atoms with Crippen LogP contribution >= 0.6 is 31.9 Å². The van der Waals surface area contributed by atoms with Crippen molar-refractivity contribution in [3.05, 3.63) is 32.7 Å². The van der Waals surface area contributed by atoms with Gasteiger partial charge in [0.25, 0.3) is 5.91 Å². The van der Waals surface area contributed by atoms with E-state index in [1.165, 1.54) is 0 Å². The molecule has 17 heavy (non-hydrogen) atoms. The van der Waals surface area contributed by atoms with Gasteiger partial charge in [-0.25, -0.2) is 0 Å². The third kappa shape index (κ3) is 4.77. The molecular formula is C12H15Br2NO2. The molecule has 0 heterocycles. The van der Waals surface area contributed by atoms with E-state index in [0.29, 0.717) is 12.0 Å². The number of hydrogen-bond acceptors (Lipinski definition) is 2. The van der Waals surface area contributed by atoms with E-state index in [1.807, 2.05) is 13.0 Å². The minimum Gasteiger partial charge on any atom is -0.388 e. The highest BCUT2D eigenvalue weighted by molar-refractivity contribution is 9.11. The number of hydrogen-bond donors (Lipinski definition) is 2. The molecule has 0 bridgehead atoms. The Kier molecular flexibility index (Phi) is 5.16. The zero-order valence-electron chi connectivity index (χ0n) is 9.76. The minimum atomic E-state index is -0.862. The Morgan fingerprint density at radius 1 is 1.35 bits per heavy atom. The van der Waals surface area contributed by atoms with Gasteiger partial charge in [0.05, 0.1) is 5.60 Å². The molecule has 2 N–H and O–H groups in total. The van der Waals surface area contributed by atoms with Gasteiger partial charge in [0.1, 0.15) is 0 Å². The van der Waals surface area contributed by atoms with E-state index >= 15 is 0 Å². The lowest BCUT2D eigenvalue weighted by molar-refractivity contribution is 0.0518. The summed E-state index contributed by atoms with van der Waals surface area (Å²) in [7, 11) is 0. The summed E-state index contributed by atoms with van der Waals surface area (Å²) in [4.78, 5) is 11.8. The molecule has 0 saturated heterocycles. The lowest BCUT2D eigenvalue weighted by Gasteiger charge is -2.21. The van der Waals surface area contributed by atoms with Crippen molar-refractivity contribution >= 4 is 37.8 Å². The maximum absolute atomic E-state index is 11.8. The van der Waals surface area contributed by atoms with Crippen molar-refractivity contribution in [1.82, 2.24) is 5.32 Å². The van der Waals surface area contributed by atoms with Gasteiger partial charge in [0.15, 0.2) is 0 Å². The molecule has 5 heteroatoms. The van der Waals surface area contributed by atoms with E-state index in [2.05, 4.69) is 37.2 Å². The van der Waals surface area contributed by atoms with Crippen LogP contribution in [0.1, 0.15) is 30.6 Å². The van der Waals surface area contributed by atoms with Gasteiger partial charge in [-0.15, -0.1) is 0 Å². The van der Waals surface area contributed by atoms with Crippen LogP contribution in [-0.2, 0) is 0 Å². The van der Waals surface area contributed by atoms with Gasteiger partial charge in [0, 0.05) is 21.1 Å². The third-order valence-electron chi connectivity index (χ3n) is 2.52. The molecule has 1 atom stereocenters. The normalized spacial score (nSPS) is 14.2. The summed E-state index contributed by atoms with van der Waals surface area (Å²) < 4.78 is 1.67. The summed E-state index contributed by atoms with van der Waals surface area (Å²) in [5, 5.41) is 12.5. The standard InChI is InChI=1S/C12H15Br2NO2/c1-3-12(2,17)7-15-11(16)8-4-9(13)6-10(14)5-8/h4-6,17H,3,7H2,1-2H3,(H,15,16). The van der Waals surface area contributed by atoms with Crippen molar-refractivity contribution in [1.29, 1.82) is 0 Å². The molecule has 0 aliphatic carbocycles. The largest absolute Gasteiger partial charge is 0.388 e. The number of carbonyl (C=O) groups is 1. The van der Waals surface area contributed by atoms with Crippen molar-refractivity contribution < 1.29 is 9.90 Å². The number of rotatable bonds is 4. The first kappa shape index (κ1) is 14.7. The summed E-state index contributed by atoms with van der Waals surface area (Å²) in [6.07, 6.45) is 0.593. The highest BCUT2D eigenvalue weighted by Crippen LogP contribution is 2.20. The maximum atomic E-state index is 11.8. The summed E-state index contributed by atoms with van der Waals surface area (Å²) in [6.45, 7) is 3.82. The molecule has 94 valence electrons. The van der Waals surface area contributed by atoms with E-state index in [0.717, 1.165) is 8.95 Å². The Hall–Kier alpha value is -0.390. The van der Waals surface area contributed by atoms with Crippen LogP contribution in [0.4, 0.5) is 0 Å². The van der Waals surface area contributed by atoms with Gasteiger partial charge >= 0.3 is 0 Å². The Labute approximate surface area is 118 Å². The Balaban J connectivity index is 2.70. The molecule has 1 unspecified atom stereocenters. The van der Waals surface area contributed by atoms with E-state index in [-0.39, 0.29) is 12.5 Å². The van der Waals surface area contributed by atoms with Crippen molar-refractivity contribution in [3.63, 3.8) is 0 Å². The molecule has 0 saturated carbocycles. The number of amides is 1. The van der Waals surface area contributed by atoms with Gasteiger partial charge in [0.2, 0.25) is 0 Å². The predicted octanol–water partition coefficient (Wildman–Crippen LogP) is 3.10. The highest BCUT2D eigenvalue weighted by atomic mass is 79.9. The van der Waals surface area contributed by atoms with Gasteiger partial charge in [-0.3, -0.25) is 4.79 Å². The quantitative estimate of drug-likeness (QED) is 0.862. The van der Waals surface area contributed by atoms with E-state index in [9.17, 15) is 9.90 Å². The maximum Gasteiger partial charge on any atom is 0.251 e. The molecule has 1 aromatic carbocycles. The smallest absolute Gasteiger partial charge is 0.251 e. The molecule has 0 radical (unpaired) electrons. The van der Waals surface area contributed by atoms with Crippen molar-refractivity contribution in [2.75, 3.05) is 6.54 Å². The van der Waals surface area contributed by atoms with Gasteiger partial charge in [-0.05, 0) is 31.5 Å². The predicted molar refractivity (Wildman–Crippen MR) is 75.1 cm³/mol. The highest BCUT2D eigenvalue weighted by Gasteiger charge is 2.19. The van der Waals surface area contributed by atoms with Crippen molar-refractivity contribution in [3.8, 4) is 0 Å². The van der Waals surface area contributed by atoms with Gasteiger partial charge < -0.3 is 10.4 Å². The van der Waals surface area contributed by atoms with E-state index in [1.54, 1.807) is 19.1 Å². The number of carbonyl (C=O) groups excluding carboxylic acids is 1. The number of halogens is 2. The number of nitrogens with one attached hydrogen (secondary N) is 1. The summed E-state index contributed by atoms with van der Waals surface area (Å²) in [5.74, 6) is -0.194. The monoisotopic (exact) mass is 363 g/mol. The fourth-order valence-electron chi connectivity index (χ4n) is 1.18. The fourth-order valence-corrected chi connectivity index (χ4v) is 2.48. The first-order valence-corrected chi connectivity index (χ1v) is 6.89. The van der Waals surface area contributed by atoms with Crippen LogP contribution in [0.15, 0.2) is 27.1 Å². The average molecular weight is 365 g/mol. The zero-order valence-corrected chi connectivity index (χ0v) is 12.9. The minimum absolute atomic E-state index is 0.194. The van der Waals surface area contributed by atoms with Crippen LogP contribution in [0.3, 0.4) is 0 Å². The average Bonchev–Trinajstić information content (AvgIpc) is 2.24. The third-order valence-corrected chi connectivity index (χ3v) is 3.43. The fraction of sp³-hybridized carbons (Fsp3) is 0.417. The summed E-state index contributed by atoms with van der Waals surface area (Å²) in [5.41, 5.74) is -0.308. The van der Waals surface area contributed by atoms with Crippen LogP contribution in [-0.4, -0.2) is 23.2 Å². The van der Waals surface area contributed by atoms with Crippen LogP contribution in [0.5, 0.6) is 0 Å². The Bertz CT molecular complexity index is 399. The second kappa shape index (κ2) is 5.98. The molecule has 1 rings (SSSR count). The molecule has 0 spiro atoms. The second-order valence-electron chi connectivity index (χ2n) is 4.19. The van der Waals surface area contributed by atoms with E-state index in [4.69, 9.17) is 0 Å². The van der Waals surface area contributed by atoms with Crippen LogP contribution < -0.4 is 5.32 Å². The van der Waals surface area contributed by atoms with Crippen LogP contribution in [0.25, 0.3) is 0 Å². The molecule has 0 aromatic heterocycles. The van der Waals surface area contributed by atoms with Gasteiger partial charge in [-0.2, -0.15) is 0 Å². The Morgan fingerprint density at radius 3 is 2.35 bits per heavy atom. The summed E-state index contributed by atoms with van der Waals surface area (Å²) in [6, 6.07) is 5.33. The first-order chi connectivity index (χ1) is 7.84. The molecule has 0 fully saturated rings. The summed E-state index contributed by atoms with van der Waals surface area (Å²) >= 11 is 6.65. The van der Waals surface area contributed by atoms with Crippen molar-refractivity contribution in [2.45, 2.75) is 25.9 Å². The molecule has 0 aliphatic heterocycles. The van der Waals surface area contributed by atoms with Gasteiger partial charge in [-0.1, -0.05) is 38.8 Å². The van der Waals surface area contributed by atoms with Crippen molar-refractivity contribution in [2.24, 2.45) is 0 Å². The SMILES string of the molecule is CCC(C)(O)CNC(=O)c1cc(Br)cc(Br)c1. The zero-order chi connectivity index (χ0) is 13.1. The topological polar surface area (TPSA) is 49.3 Å². The first-order valence-electron chi connectivity index (χ1n) is 5.31. The molecule has 0 aliphatic rings. The lowest BCUT2D eigenvalue weighted by Crippen LogP contribution is -2.40. The lowest BCUT2D eigenvalue weighted by atomic mass is 10.0. The Morgan fingerprint density at radius 2 is 1.88 bits per heavy atom. The molecular weight excluding hydrogens is 350 g/mol. The molecule has 3 nitrogen and oxygen atoms in total.